The van der Waals surface area contributed by atoms with Crippen LogP contribution < -0.4 is 10.4 Å². The molecule has 2 aromatic rings. The van der Waals surface area contributed by atoms with Crippen molar-refractivity contribution < 1.29 is 14.4 Å². The Morgan fingerprint density at radius 3 is 2.56 bits per heavy atom. The number of carbonyl (C=O) groups is 1. The summed E-state index contributed by atoms with van der Waals surface area (Å²) in [5.74, 6) is 0.544. The second-order valence-electron chi connectivity index (χ2n) is 6.27. The molecule has 2 heterocycles. The summed E-state index contributed by atoms with van der Waals surface area (Å²) in [7, 11) is 0. The number of hydrogen-bond acceptors (Lipinski definition) is 5. The minimum absolute atomic E-state index is 0.167. The summed E-state index contributed by atoms with van der Waals surface area (Å²) in [5, 5.41) is 0. The molecule has 1 aliphatic rings. The largest absolute Gasteiger partial charge is 0.372 e. The van der Waals surface area contributed by atoms with Crippen molar-refractivity contribution in [2.75, 3.05) is 18.0 Å². The van der Waals surface area contributed by atoms with E-state index in [1.165, 1.54) is 0 Å². The smallest absolute Gasteiger partial charge is 0.276 e. The van der Waals surface area contributed by atoms with E-state index in [2.05, 4.69) is 29.2 Å². The predicted molar refractivity (Wildman–Crippen MR) is 95.2 cm³/mol. The molecule has 2 unspecified atom stereocenters. The van der Waals surface area contributed by atoms with E-state index in [1.54, 1.807) is 12.3 Å². The molecule has 1 aromatic carbocycles. The molecule has 3 rings (SSSR count). The van der Waals surface area contributed by atoms with Crippen molar-refractivity contribution in [2.24, 2.45) is 0 Å². The number of benzene rings is 1. The van der Waals surface area contributed by atoms with Crippen LogP contribution in [0.4, 0.5) is 5.82 Å². The Hall–Kier alpha value is -2.44. The highest BCUT2D eigenvalue weighted by atomic mass is 16.6. The number of rotatable bonds is 5. The van der Waals surface area contributed by atoms with Crippen molar-refractivity contribution in [3.05, 3.63) is 59.8 Å². The predicted octanol–water partition coefficient (Wildman–Crippen LogP) is 2.56. The molecule has 1 fully saturated rings. The molecule has 6 nitrogen and oxygen atoms in total. The highest BCUT2D eigenvalue weighted by molar-refractivity contribution is 5.93. The third-order valence-corrected chi connectivity index (χ3v) is 4.00. The normalized spacial score (nSPS) is 20.3. The zero-order valence-electron chi connectivity index (χ0n) is 14.5. The number of nitrogens with one attached hydrogen (secondary N) is 1. The van der Waals surface area contributed by atoms with Gasteiger partial charge < -0.3 is 9.64 Å². The van der Waals surface area contributed by atoms with Crippen molar-refractivity contribution in [3.8, 4) is 0 Å². The molecular weight excluding hydrogens is 318 g/mol. The fourth-order valence-electron chi connectivity index (χ4n) is 2.89. The molecule has 1 aliphatic heterocycles. The number of aromatic nitrogens is 1. The van der Waals surface area contributed by atoms with Crippen molar-refractivity contribution in [1.29, 1.82) is 0 Å². The third kappa shape index (κ3) is 4.78. The van der Waals surface area contributed by atoms with E-state index in [0.29, 0.717) is 12.2 Å². The van der Waals surface area contributed by atoms with Crippen LogP contribution in [0.25, 0.3) is 0 Å². The van der Waals surface area contributed by atoms with E-state index in [1.807, 2.05) is 36.4 Å². The van der Waals surface area contributed by atoms with Crippen LogP contribution in [0.5, 0.6) is 0 Å². The first-order chi connectivity index (χ1) is 12.1. The van der Waals surface area contributed by atoms with Crippen molar-refractivity contribution in [2.45, 2.75) is 32.7 Å². The van der Waals surface area contributed by atoms with Gasteiger partial charge in [0.2, 0.25) is 0 Å². The zero-order valence-corrected chi connectivity index (χ0v) is 14.5. The lowest BCUT2D eigenvalue weighted by Crippen LogP contribution is -2.45. The van der Waals surface area contributed by atoms with Crippen LogP contribution in [0, 0.1) is 0 Å². The SMILES string of the molecule is CC1CN(c2ccc(C(=O)NOCc3ccccc3)cn2)CC(C)O1. The second-order valence-corrected chi connectivity index (χ2v) is 6.27. The standard InChI is InChI=1S/C19H23N3O3/c1-14-11-22(12-15(2)25-14)18-9-8-17(10-20-18)19(23)21-24-13-16-6-4-3-5-7-16/h3-10,14-15H,11-13H2,1-2H3,(H,21,23). The molecule has 1 aromatic heterocycles. The van der Waals surface area contributed by atoms with Crippen LogP contribution in [0.1, 0.15) is 29.8 Å². The number of carbonyl (C=O) groups excluding carboxylic acids is 1. The van der Waals surface area contributed by atoms with E-state index in [0.717, 1.165) is 24.5 Å². The first-order valence-electron chi connectivity index (χ1n) is 8.44. The number of nitrogens with zero attached hydrogens (tertiary/aromatic N) is 2. The molecule has 1 amide bonds. The Morgan fingerprint density at radius 2 is 1.92 bits per heavy atom. The summed E-state index contributed by atoms with van der Waals surface area (Å²) in [6, 6.07) is 13.3. The lowest BCUT2D eigenvalue weighted by Gasteiger charge is -2.36. The molecule has 1 saturated heterocycles. The Bertz CT molecular complexity index is 681. The number of hydroxylamine groups is 1. The minimum atomic E-state index is -0.307. The fourth-order valence-corrected chi connectivity index (χ4v) is 2.89. The Kier molecular flexibility index (Phi) is 5.63. The topological polar surface area (TPSA) is 63.7 Å². The third-order valence-electron chi connectivity index (χ3n) is 4.00. The summed E-state index contributed by atoms with van der Waals surface area (Å²) in [6.45, 7) is 6.01. The summed E-state index contributed by atoms with van der Waals surface area (Å²) < 4.78 is 5.73. The van der Waals surface area contributed by atoms with Crippen molar-refractivity contribution in [3.63, 3.8) is 0 Å². The van der Waals surface area contributed by atoms with Gasteiger partial charge in [-0.1, -0.05) is 30.3 Å². The first kappa shape index (κ1) is 17.4. The Balaban J connectivity index is 1.53. The van der Waals surface area contributed by atoms with Crippen molar-refractivity contribution in [1.82, 2.24) is 10.5 Å². The molecule has 0 spiro atoms. The summed E-state index contributed by atoms with van der Waals surface area (Å²) in [5.41, 5.74) is 3.90. The van der Waals surface area contributed by atoms with Crippen LogP contribution in [0.15, 0.2) is 48.7 Å². The minimum Gasteiger partial charge on any atom is -0.372 e. The van der Waals surface area contributed by atoms with Gasteiger partial charge in [-0.25, -0.2) is 10.5 Å². The molecular formula is C19H23N3O3. The number of ether oxygens (including phenoxy) is 1. The highest BCUT2D eigenvalue weighted by Gasteiger charge is 2.23. The van der Waals surface area contributed by atoms with Gasteiger partial charge in [-0.05, 0) is 31.5 Å². The average Bonchev–Trinajstić information content (AvgIpc) is 2.62. The lowest BCUT2D eigenvalue weighted by atomic mass is 10.2. The van der Waals surface area contributed by atoms with E-state index in [9.17, 15) is 4.79 Å². The van der Waals surface area contributed by atoms with Crippen LogP contribution in [-0.2, 0) is 16.2 Å². The van der Waals surface area contributed by atoms with Gasteiger partial charge in [-0.3, -0.25) is 9.63 Å². The van der Waals surface area contributed by atoms with Gasteiger partial charge in [0.25, 0.3) is 5.91 Å². The maximum absolute atomic E-state index is 12.1. The monoisotopic (exact) mass is 341 g/mol. The summed E-state index contributed by atoms with van der Waals surface area (Å²) >= 11 is 0. The molecule has 0 aliphatic carbocycles. The molecule has 6 heteroatoms. The molecule has 0 radical (unpaired) electrons. The summed E-state index contributed by atoms with van der Waals surface area (Å²) in [4.78, 5) is 24.0. The van der Waals surface area contributed by atoms with Crippen LogP contribution >= 0.6 is 0 Å². The van der Waals surface area contributed by atoms with Crippen LogP contribution in [-0.4, -0.2) is 36.2 Å². The van der Waals surface area contributed by atoms with Gasteiger partial charge in [0, 0.05) is 19.3 Å². The summed E-state index contributed by atoms with van der Waals surface area (Å²) in [6.07, 6.45) is 1.90. The zero-order chi connectivity index (χ0) is 17.6. The fraction of sp³-hybridized carbons (Fsp3) is 0.368. The molecule has 132 valence electrons. The van der Waals surface area contributed by atoms with Gasteiger partial charge in [-0.15, -0.1) is 0 Å². The number of amides is 1. The van der Waals surface area contributed by atoms with Crippen molar-refractivity contribution >= 4 is 11.7 Å². The molecule has 0 saturated carbocycles. The second kappa shape index (κ2) is 8.09. The lowest BCUT2D eigenvalue weighted by molar-refractivity contribution is -0.00547. The number of morpholine rings is 1. The van der Waals surface area contributed by atoms with Gasteiger partial charge in [0.15, 0.2) is 0 Å². The molecule has 0 bridgehead atoms. The average molecular weight is 341 g/mol. The highest BCUT2D eigenvalue weighted by Crippen LogP contribution is 2.18. The number of hydrogen-bond donors (Lipinski definition) is 1. The van der Waals surface area contributed by atoms with E-state index < -0.39 is 0 Å². The van der Waals surface area contributed by atoms with Crippen LogP contribution in [0.2, 0.25) is 0 Å². The number of pyridine rings is 1. The van der Waals surface area contributed by atoms with E-state index >= 15 is 0 Å². The molecule has 1 N–H and O–H groups in total. The maximum Gasteiger partial charge on any atom is 0.276 e. The molecule has 2 atom stereocenters. The van der Waals surface area contributed by atoms with Gasteiger partial charge in [0.1, 0.15) is 5.82 Å². The van der Waals surface area contributed by atoms with E-state index in [-0.39, 0.29) is 18.1 Å². The Morgan fingerprint density at radius 1 is 1.20 bits per heavy atom. The quantitative estimate of drug-likeness (QED) is 0.847. The van der Waals surface area contributed by atoms with Gasteiger partial charge >= 0.3 is 0 Å². The van der Waals surface area contributed by atoms with Gasteiger partial charge in [-0.2, -0.15) is 0 Å². The molecule has 25 heavy (non-hydrogen) atoms. The maximum atomic E-state index is 12.1. The van der Waals surface area contributed by atoms with Crippen LogP contribution in [0.3, 0.4) is 0 Å². The Labute approximate surface area is 147 Å². The van der Waals surface area contributed by atoms with Gasteiger partial charge in [0.05, 0.1) is 24.4 Å². The van der Waals surface area contributed by atoms with E-state index in [4.69, 9.17) is 9.57 Å². The first-order valence-corrected chi connectivity index (χ1v) is 8.44. The number of anilines is 1.